The maximum absolute atomic E-state index is 13.1. The molecule has 2 heterocycles. The Hall–Kier alpha value is -3.88. The lowest BCUT2D eigenvalue weighted by Gasteiger charge is -2.11. The van der Waals surface area contributed by atoms with Crippen LogP contribution in [-0.4, -0.2) is 37.8 Å². The summed E-state index contributed by atoms with van der Waals surface area (Å²) in [5, 5.41) is 8.00. The van der Waals surface area contributed by atoms with E-state index in [1.165, 1.54) is 41.1 Å². The molecular formula is C18H11FN4O4. The highest BCUT2D eigenvalue weighted by atomic mass is 19.1. The Kier molecular flexibility index (Phi) is 3.76. The van der Waals surface area contributed by atoms with Gasteiger partial charge >= 0.3 is 5.97 Å². The summed E-state index contributed by atoms with van der Waals surface area (Å²) in [5.41, 5.74) is 0.934. The first-order chi connectivity index (χ1) is 13.0. The lowest BCUT2D eigenvalue weighted by molar-refractivity contribution is -0.0589. The lowest BCUT2D eigenvalue weighted by Crippen LogP contribution is -2.33. The Balaban J connectivity index is 1.59. The number of carbonyl (C=O) groups is 3. The quantitative estimate of drug-likeness (QED) is 0.659. The molecule has 0 spiro atoms. The zero-order valence-corrected chi connectivity index (χ0v) is 13.9. The molecule has 1 aliphatic rings. The predicted octanol–water partition coefficient (Wildman–Crippen LogP) is 2.08. The zero-order valence-electron chi connectivity index (χ0n) is 13.9. The van der Waals surface area contributed by atoms with Gasteiger partial charge in [-0.15, -0.1) is 5.10 Å². The third kappa shape index (κ3) is 2.65. The summed E-state index contributed by atoms with van der Waals surface area (Å²) in [6.45, 7) is 1.56. The molecule has 134 valence electrons. The molecule has 4 rings (SSSR count). The monoisotopic (exact) mass is 366 g/mol. The number of hydrogen-bond acceptors (Lipinski definition) is 6. The van der Waals surface area contributed by atoms with Crippen LogP contribution >= 0.6 is 0 Å². The van der Waals surface area contributed by atoms with Gasteiger partial charge < -0.3 is 4.84 Å². The molecule has 1 aromatic heterocycles. The Morgan fingerprint density at radius 3 is 2.19 bits per heavy atom. The summed E-state index contributed by atoms with van der Waals surface area (Å²) in [6.07, 6.45) is 0. The van der Waals surface area contributed by atoms with E-state index in [9.17, 15) is 18.8 Å². The molecule has 3 aromatic rings. The van der Waals surface area contributed by atoms with Crippen LogP contribution in [0.25, 0.3) is 5.69 Å². The zero-order chi connectivity index (χ0) is 19.1. The van der Waals surface area contributed by atoms with Gasteiger partial charge in [0.1, 0.15) is 5.82 Å². The third-order valence-electron chi connectivity index (χ3n) is 4.09. The topological polar surface area (TPSA) is 94.4 Å². The average Bonchev–Trinajstić information content (AvgIpc) is 3.16. The molecule has 0 saturated heterocycles. The van der Waals surface area contributed by atoms with Gasteiger partial charge in [0.2, 0.25) is 0 Å². The fourth-order valence-electron chi connectivity index (χ4n) is 2.72. The summed E-state index contributed by atoms with van der Waals surface area (Å²) in [5.74, 6) is -2.88. The molecule has 0 fully saturated rings. The van der Waals surface area contributed by atoms with Crippen LogP contribution in [0.5, 0.6) is 0 Å². The normalized spacial score (nSPS) is 13.0. The fourth-order valence-corrected chi connectivity index (χ4v) is 2.72. The van der Waals surface area contributed by atoms with Crippen LogP contribution in [0, 0.1) is 12.7 Å². The molecule has 8 nitrogen and oxygen atoms in total. The number of nitrogens with zero attached hydrogens (tertiary/aromatic N) is 4. The van der Waals surface area contributed by atoms with Crippen LogP contribution in [0.2, 0.25) is 0 Å². The van der Waals surface area contributed by atoms with E-state index in [-0.39, 0.29) is 16.8 Å². The molecule has 0 N–H and O–H groups in total. The number of fused-ring (bicyclic) bond motifs is 1. The van der Waals surface area contributed by atoms with Crippen molar-refractivity contribution in [3.63, 3.8) is 0 Å². The van der Waals surface area contributed by atoms with Gasteiger partial charge in [-0.1, -0.05) is 22.4 Å². The summed E-state index contributed by atoms with van der Waals surface area (Å²) in [7, 11) is 0. The van der Waals surface area contributed by atoms with E-state index in [4.69, 9.17) is 4.84 Å². The van der Waals surface area contributed by atoms with Crippen LogP contribution in [0.4, 0.5) is 4.39 Å². The third-order valence-corrected chi connectivity index (χ3v) is 4.09. The Morgan fingerprint density at radius 1 is 1.00 bits per heavy atom. The number of amides is 2. The van der Waals surface area contributed by atoms with Crippen molar-refractivity contribution in [3.05, 3.63) is 76.9 Å². The summed E-state index contributed by atoms with van der Waals surface area (Å²) < 4.78 is 14.4. The largest absolute Gasteiger partial charge is 0.385 e. The average molecular weight is 366 g/mol. The molecule has 0 aliphatic carbocycles. The Bertz CT molecular complexity index is 1060. The van der Waals surface area contributed by atoms with E-state index in [2.05, 4.69) is 10.3 Å². The van der Waals surface area contributed by atoms with Gasteiger partial charge in [0.05, 0.1) is 22.5 Å². The molecule has 0 atom stereocenters. The van der Waals surface area contributed by atoms with E-state index in [1.54, 1.807) is 19.1 Å². The fraction of sp³-hybridized carbons (Fsp3) is 0.0556. The molecule has 27 heavy (non-hydrogen) atoms. The van der Waals surface area contributed by atoms with Crippen molar-refractivity contribution in [3.8, 4) is 5.69 Å². The minimum Gasteiger partial charge on any atom is -0.322 e. The van der Waals surface area contributed by atoms with E-state index >= 15 is 0 Å². The van der Waals surface area contributed by atoms with Crippen molar-refractivity contribution in [2.24, 2.45) is 0 Å². The smallest absolute Gasteiger partial charge is 0.322 e. The summed E-state index contributed by atoms with van der Waals surface area (Å²) >= 11 is 0. The first-order valence-electron chi connectivity index (χ1n) is 7.85. The molecule has 0 radical (unpaired) electrons. The number of hydrogen-bond donors (Lipinski definition) is 0. The number of rotatable bonds is 3. The molecule has 0 unspecified atom stereocenters. The van der Waals surface area contributed by atoms with Crippen LogP contribution in [0.1, 0.15) is 36.9 Å². The van der Waals surface area contributed by atoms with Gasteiger partial charge in [0.25, 0.3) is 11.8 Å². The van der Waals surface area contributed by atoms with E-state index in [0.29, 0.717) is 16.4 Å². The van der Waals surface area contributed by atoms with Crippen molar-refractivity contribution in [2.75, 3.05) is 0 Å². The lowest BCUT2D eigenvalue weighted by atomic mass is 10.1. The van der Waals surface area contributed by atoms with Crippen molar-refractivity contribution in [2.45, 2.75) is 6.92 Å². The van der Waals surface area contributed by atoms with Gasteiger partial charge in [-0.2, -0.15) is 0 Å². The van der Waals surface area contributed by atoms with Crippen molar-refractivity contribution >= 4 is 17.8 Å². The molecule has 2 amide bonds. The highest BCUT2D eigenvalue weighted by Gasteiger charge is 2.39. The van der Waals surface area contributed by atoms with Gasteiger partial charge in [-0.05, 0) is 43.3 Å². The van der Waals surface area contributed by atoms with E-state index < -0.39 is 23.6 Å². The van der Waals surface area contributed by atoms with E-state index in [1.807, 2.05) is 0 Å². The van der Waals surface area contributed by atoms with E-state index in [0.717, 1.165) is 0 Å². The SMILES string of the molecule is Cc1c(C(=O)ON2C(=O)c3ccccc3C2=O)nnn1-c1ccc(F)cc1. The summed E-state index contributed by atoms with van der Waals surface area (Å²) in [6, 6.07) is 11.6. The van der Waals surface area contributed by atoms with Gasteiger partial charge in [0, 0.05) is 0 Å². The number of aromatic nitrogens is 3. The van der Waals surface area contributed by atoms with Gasteiger partial charge in [-0.3, -0.25) is 9.59 Å². The standard InChI is InChI=1S/C18H11FN4O4/c1-10-15(20-21-22(10)12-8-6-11(19)7-9-12)18(26)27-23-16(24)13-4-2-3-5-14(13)17(23)25/h2-9H,1H3. The Morgan fingerprint density at radius 2 is 1.59 bits per heavy atom. The van der Waals surface area contributed by atoms with Crippen LogP contribution < -0.4 is 0 Å². The van der Waals surface area contributed by atoms with Crippen molar-refractivity contribution in [1.29, 1.82) is 0 Å². The minimum absolute atomic E-state index is 0.155. The number of halogens is 1. The summed E-state index contributed by atoms with van der Waals surface area (Å²) in [4.78, 5) is 41.9. The molecule has 0 saturated carbocycles. The van der Waals surface area contributed by atoms with Crippen LogP contribution in [0.15, 0.2) is 48.5 Å². The highest BCUT2D eigenvalue weighted by Crippen LogP contribution is 2.23. The predicted molar refractivity (Wildman–Crippen MR) is 88.4 cm³/mol. The number of benzene rings is 2. The number of imide groups is 1. The first kappa shape index (κ1) is 16.6. The molecular weight excluding hydrogens is 355 g/mol. The number of hydroxylamine groups is 2. The molecule has 0 bridgehead atoms. The van der Waals surface area contributed by atoms with Gasteiger partial charge in [-0.25, -0.2) is 13.9 Å². The Labute approximate surface area is 151 Å². The molecule has 9 heteroatoms. The minimum atomic E-state index is -1.00. The second-order valence-electron chi connectivity index (χ2n) is 5.74. The van der Waals surface area contributed by atoms with Crippen LogP contribution in [-0.2, 0) is 4.84 Å². The first-order valence-corrected chi connectivity index (χ1v) is 7.85. The van der Waals surface area contributed by atoms with Crippen molar-refractivity contribution < 1.29 is 23.6 Å². The van der Waals surface area contributed by atoms with Crippen molar-refractivity contribution in [1.82, 2.24) is 20.1 Å². The molecule has 2 aromatic carbocycles. The number of carbonyl (C=O) groups excluding carboxylic acids is 3. The maximum Gasteiger partial charge on any atom is 0.385 e. The van der Waals surface area contributed by atoms with Crippen LogP contribution in [0.3, 0.4) is 0 Å². The maximum atomic E-state index is 13.1. The second-order valence-corrected chi connectivity index (χ2v) is 5.74. The second kappa shape index (κ2) is 6.13. The van der Waals surface area contributed by atoms with Gasteiger partial charge in [0.15, 0.2) is 5.69 Å². The molecule has 1 aliphatic heterocycles. The highest BCUT2D eigenvalue weighted by molar-refractivity contribution is 6.21.